The van der Waals surface area contributed by atoms with Crippen LogP contribution in [-0.4, -0.2) is 44.4 Å². The molecule has 0 heterocycles. The number of likely N-dealkylation sites (N-methyl/N-ethyl adjacent to an activating group) is 1. The first kappa shape index (κ1) is 15.3. The minimum Gasteiger partial charge on any atom is -0.379 e. The van der Waals surface area contributed by atoms with Crippen molar-refractivity contribution in [3.8, 4) is 0 Å². The molecule has 0 aromatic heterocycles. The zero-order valence-electron chi connectivity index (χ0n) is 10.7. The van der Waals surface area contributed by atoms with Crippen LogP contribution in [0, 0.1) is 0 Å². The average Bonchev–Trinajstić information content (AvgIpc) is 2.22. The number of nitrogens with one attached hydrogen (secondary N) is 1. The van der Waals surface area contributed by atoms with E-state index in [1.807, 2.05) is 13.8 Å². The van der Waals surface area contributed by atoms with E-state index in [0.717, 1.165) is 0 Å². The molecule has 0 aliphatic rings. The monoisotopic (exact) mass is 232 g/mol. The van der Waals surface area contributed by atoms with Crippen LogP contribution in [0.25, 0.3) is 0 Å². The maximum atomic E-state index is 11.1. The molecular weight excluding hydrogens is 208 g/mol. The number of hydrogen-bond acceptors (Lipinski definition) is 4. The van der Waals surface area contributed by atoms with Gasteiger partial charge in [0.05, 0.1) is 24.9 Å². The summed E-state index contributed by atoms with van der Waals surface area (Å²) in [6.07, 6.45) is 0.775. The average molecular weight is 232 g/mol. The Bertz CT molecular complexity index is 209. The van der Waals surface area contributed by atoms with Gasteiger partial charge in [0.25, 0.3) is 0 Å². The molecule has 0 fully saturated rings. The summed E-state index contributed by atoms with van der Waals surface area (Å²) in [6, 6.07) is 0. The highest BCUT2D eigenvalue weighted by atomic mass is 16.5. The van der Waals surface area contributed by atoms with Gasteiger partial charge in [-0.15, -0.1) is 0 Å². The Hall–Kier alpha value is -0.650. The third-order valence-corrected chi connectivity index (χ3v) is 2.52. The fourth-order valence-electron chi connectivity index (χ4n) is 1.09. The number of hydrogen-bond donors (Lipinski definition) is 2. The van der Waals surface area contributed by atoms with Gasteiger partial charge in [0, 0.05) is 6.61 Å². The van der Waals surface area contributed by atoms with Gasteiger partial charge >= 0.3 is 0 Å². The minimum absolute atomic E-state index is 0.219. The molecule has 0 aliphatic carbocycles. The Labute approximate surface area is 97.7 Å². The van der Waals surface area contributed by atoms with Crippen molar-refractivity contribution in [2.45, 2.75) is 38.8 Å². The molecule has 0 aliphatic heterocycles. The molecule has 96 valence electrons. The van der Waals surface area contributed by atoms with Crippen LogP contribution in [0.1, 0.15) is 27.2 Å². The van der Waals surface area contributed by atoms with E-state index in [-0.39, 0.29) is 12.0 Å². The lowest BCUT2D eigenvalue weighted by Crippen LogP contribution is -2.52. The molecule has 0 aromatic carbocycles. The molecule has 16 heavy (non-hydrogen) atoms. The Morgan fingerprint density at radius 1 is 1.38 bits per heavy atom. The van der Waals surface area contributed by atoms with E-state index in [1.54, 1.807) is 14.0 Å². The van der Waals surface area contributed by atoms with Gasteiger partial charge in [-0.1, -0.05) is 0 Å². The van der Waals surface area contributed by atoms with E-state index in [9.17, 15) is 4.79 Å². The molecule has 0 aromatic rings. The first-order valence-corrected chi connectivity index (χ1v) is 5.60. The number of amides is 1. The molecule has 0 saturated carbocycles. The summed E-state index contributed by atoms with van der Waals surface area (Å²) in [6.45, 7) is 7.32. The van der Waals surface area contributed by atoms with Crippen LogP contribution in [-0.2, 0) is 14.3 Å². The van der Waals surface area contributed by atoms with Gasteiger partial charge in [-0.2, -0.15) is 0 Å². The van der Waals surface area contributed by atoms with E-state index in [1.165, 1.54) is 0 Å². The molecule has 0 radical (unpaired) electrons. The topological polar surface area (TPSA) is 73.6 Å². The number of carbonyl (C=O) groups excluding carboxylic acids is 1. The predicted molar refractivity (Wildman–Crippen MR) is 63.2 cm³/mol. The normalized spacial score (nSPS) is 15.1. The van der Waals surface area contributed by atoms with E-state index < -0.39 is 5.54 Å². The number of ether oxygens (including phenoxy) is 2. The van der Waals surface area contributed by atoms with Crippen molar-refractivity contribution in [2.75, 3.05) is 26.9 Å². The lowest BCUT2D eigenvalue weighted by molar-refractivity contribution is -0.124. The summed E-state index contributed by atoms with van der Waals surface area (Å²) in [5.74, 6) is -0.364. The summed E-state index contributed by atoms with van der Waals surface area (Å²) in [7, 11) is 1.71. The Morgan fingerprint density at radius 2 is 2.00 bits per heavy atom. The van der Waals surface area contributed by atoms with Crippen LogP contribution in [0.2, 0.25) is 0 Å². The Kier molecular flexibility index (Phi) is 7.29. The summed E-state index contributed by atoms with van der Waals surface area (Å²) in [5.41, 5.74) is 4.58. The molecular formula is C11H24N2O3. The van der Waals surface area contributed by atoms with E-state index in [2.05, 4.69) is 5.32 Å². The van der Waals surface area contributed by atoms with Crippen molar-refractivity contribution >= 4 is 5.91 Å². The summed E-state index contributed by atoms with van der Waals surface area (Å²) < 4.78 is 10.7. The zero-order chi connectivity index (χ0) is 12.6. The Balaban J connectivity index is 3.61. The van der Waals surface area contributed by atoms with Crippen molar-refractivity contribution in [1.82, 2.24) is 5.32 Å². The van der Waals surface area contributed by atoms with Crippen molar-refractivity contribution in [2.24, 2.45) is 5.73 Å². The third-order valence-electron chi connectivity index (χ3n) is 2.52. The second-order valence-electron chi connectivity index (χ2n) is 4.23. The van der Waals surface area contributed by atoms with Crippen LogP contribution < -0.4 is 11.1 Å². The van der Waals surface area contributed by atoms with Gasteiger partial charge in [-0.25, -0.2) is 0 Å². The molecule has 0 rings (SSSR count). The molecule has 0 bridgehead atoms. The quantitative estimate of drug-likeness (QED) is 0.560. The second kappa shape index (κ2) is 7.60. The lowest BCUT2D eigenvalue weighted by atomic mass is 9.98. The van der Waals surface area contributed by atoms with Gasteiger partial charge in [0.15, 0.2) is 0 Å². The smallest absolute Gasteiger partial charge is 0.237 e. The van der Waals surface area contributed by atoms with Gasteiger partial charge in [-0.05, 0) is 34.2 Å². The largest absolute Gasteiger partial charge is 0.379 e. The first-order chi connectivity index (χ1) is 7.42. The van der Waals surface area contributed by atoms with E-state index in [0.29, 0.717) is 26.2 Å². The number of carbonyl (C=O) groups is 1. The molecule has 0 spiro atoms. The number of nitrogens with two attached hydrogens (primary N) is 1. The lowest BCUT2D eigenvalue weighted by Gasteiger charge is -2.25. The SMILES string of the molecule is CNC(C)(CCOCCOC(C)C)C(N)=O. The maximum absolute atomic E-state index is 11.1. The predicted octanol–water partition coefficient (Wildman–Crippen LogP) is 0.282. The van der Waals surface area contributed by atoms with Crippen molar-refractivity contribution in [3.05, 3.63) is 0 Å². The highest BCUT2D eigenvalue weighted by Crippen LogP contribution is 2.07. The molecule has 1 unspecified atom stereocenters. The van der Waals surface area contributed by atoms with E-state index in [4.69, 9.17) is 15.2 Å². The Morgan fingerprint density at radius 3 is 2.44 bits per heavy atom. The van der Waals surface area contributed by atoms with Crippen LogP contribution in [0.5, 0.6) is 0 Å². The van der Waals surface area contributed by atoms with Gasteiger partial charge in [-0.3, -0.25) is 4.79 Å². The summed E-state index contributed by atoms with van der Waals surface area (Å²) in [4.78, 5) is 11.1. The molecule has 5 heteroatoms. The highest BCUT2D eigenvalue weighted by molar-refractivity contribution is 5.84. The molecule has 5 nitrogen and oxygen atoms in total. The number of rotatable bonds is 9. The van der Waals surface area contributed by atoms with Gasteiger partial charge < -0.3 is 20.5 Å². The van der Waals surface area contributed by atoms with E-state index >= 15 is 0 Å². The van der Waals surface area contributed by atoms with Gasteiger partial charge in [0.1, 0.15) is 0 Å². The fraction of sp³-hybridized carbons (Fsp3) is 0.909. The van der Waals surface area contributed by atoms with Crippen molar-refractivity contribution < 1.29 is 14.3 Å². The van der Waals surface area contributed by atoms with Crippen LogP contribution in [0.3, 0.4) is 0 Å². The molecule has 0 saturated heterocycles. The third kappa shape index (κ3) is 6.05. The van der Waals surface area contributed by atoms with Crippen LogP contribution in [0.15, 0.2) is 0 Å². The molecule has 1 amide bonds. The summed E-state index contributed by atoms with van der Waals surface area (Å²) in [5, 5.41) is 2.90. The maximum Gasteiger partial charge on any atom is 0.237 e. The minimum atomic E-state index is -0.696. The summed E-state index contributed by atoms with van der Waals surface area (Å²) >= 11 is 0. The molecule has 3 N–H and O–H groups in total. The number of primary amides is 1. The van der Waals surface area contributed by atoms with Crippen LogP contribution >= 0.6 is 0 Å². The zero-order valence-corrected chi connectivity index (χ0v) is 10.7. The highest BCUT2D eigenvalue weighted by Gasteiger charge is 2.28. The molecule has 1 atom stereocenters. The van der Waals surface area contributed by atoms with Crippen molar-refractivity contribution in [3.63, 3.8) is 0 Å². The standard InChI is InChI=1S/C11H24N2O3/c1-9(2)16-8-7-15-6-5-11(3,13-4)10(12)14/h9,13H,5-8H2,1-4H3,(H2,12,14). The second-order valence-corrected chi connectivity index (χ2v) is 4.23. The first-order valence-electron chi connectivity index (χ1n) is 5.60. The fourth-order valence-corrected chi connectivity index (χ4v) is 1.09. The van der Waals surface area contributed by atoms with Gasteiger partial charge in [0.2, 0.25) is 5.91 Å². The van der Waals surface area contributed by atoms with Crippen molar-refractivity contribution in [1.29, 1.82) is 0 Å². The van der Waals surface area contributed by atoms with Crippen LogP contribution in [0.4, 0.5) is 0 Å².